The molecule has 0 saturated heterocycles. The number of aromatic nitrogens is 2. The molecule has 0 aliphatic heterocycles. The fourth-order valence-electron chi connectivity index (χ4n) is 0.994. The second kappa shape index (κ2) is 4.42. The van der Waals surface area contributed by atoms with Crippen molar-refractivity contribution in [2.45, 2.75) is 24.3 Å². The average molecular weight is 228 g/mol. The summed E-state index contributed by atoms with van der Waals surface area (Å²) in [7, 11) is -1.99. The molecule has 1 rings (SSSR count). The molecule has 0 aromatic carbocycles. The first-order valence-corrected chi connectivity index (χ1v) is 5.88. The number of nitriles is 1. The highest BCUT2D eigenvalue weighted by Gasteiger charge is 2.19. The highest BCUT2D eigenvalue weighted by Crippen LogP contribution is 2.07. The van der Waals surface area contributed by atoms with Crippen LogP contribution in [0.3, 0.4) is 0 Å². The van der Waals surface area contributed by atoms with Crippen LogP contribution in [0.1, 0.15) is 13.3 Å². The van der Waals surface area contributed by atoms with Gasteiger partial charge in [-0.05, 0) is 6.42 Å². The van der Waals surface area contributed by atoms with E-state index in [1.165, 1.54) is 17.1 Å². The van der Waals surface area contributed by atoms with Crippen molar-refractivity contribution in [3.8, 4) is 6.07 Å². The Morgan fingerprint density at radius 3 is 2.80 bits per heavy atom. The van der Waals surface area contributed by atoms with Crippen molar-refractivity contribution in [3.05, 3.63) is 12.4 Å². The lowest BCUT2D eigenvalue weighted by atomic mass is 10.3. The summed E-state index contributed by atoms with van der Waals surface area (Å²) in [5.41, 5.74) is 0. The molecule has 6 nitrogen and oxygen atoms in total. The van der Waals surface area contributed by atoms with Crippen LogP contribution in [-0.4, -0.2) is 24.2 Å². The summed E-state index contributed by atoms with van der Waals surface area (Å²) in [4.78, 5) is 0.0682. The molecule has 1 aromatic heterocycles. The van der Waals surface area contributed by atoms with Gasteiger partial charge in [-0.15, -0.1) is 0 Å². The molecule has 1 unspecified atom stereocenters. The molecule has 0 spiro atoms. The molecule has 0 bridgehead atoms. The van der Waals surface area contributed by atoms with Crippen molar-refractivity contribution < 1.29 is 8.42 Å². The normalized spacial score (nSPS) is 13.4. The Bertz CT molecular complexity index is 471. The molecule has 0 aliphatic rings. The summed E-state index contributed by atoms with van der Waals surface area (Å²) in [5, 5.41) is 12.4. The van der Waals surface area contributed by atoms with E-state index in [0.29, 0.717) is 6.42 Å². The average Bonchev–Trinajstić information content (AvgIpc) is 2.62. The number of aryl methyl sites for hydroxylation is 1. The number of rotatable bonds is 4. The van der Waals surface area contributed by atoms with Gasteiger partial charge in [-0.25, -0.2) is 8.42 Å². The fourth-order valence-corrected chi connectivity index (χ4v) is 2.20. The van der Waals surface area contributed by atoms with Gasteiger partial charge in [0.2, 0.25) is 10.0 Å². The Labute approximate surface area is 88.6 Å². The van der Waals surface area contributed by atoms with Crippen LogP contribution < -0.4 is 4.72 Å². The van der Waals surface area contributed by atoms with Crippen LogP contribution in [-0.2, 0) is 17.1 Å². The Balaban J connectivity index is 2.90. The van der Waals surface area contributed by atoms with Crippen LogP contribution in [0.4, 0.5) is 0 Å². The quantitative estimate of drug-likeness (QED) is 0.785. The van der Waals surface area contributed by atoms with Crippen molar-refractivity contribution in [2.75, 3.05) is 0 Å². The lowest BCUT2D eigenvalue weighted by Gasteiger charge is -2.07. The second-order valence-electron chi connectivity index (χ2n) is 3.06. The predicted molar refractivity (Wildman–Crippen MR) is 53.2 cm³/mol. The molecule has 1 N–H and O–H groups in total. The number of hydrogen-bond donors (Lipinski definition) is 1. The molecule has 0 radical (unpaired) electrons. The van der Waals surface area contributed by atoms with E-state index in [-0.39, 0.29) is 4.90 Å². The van der Waals surface area contributed by atoms with E-state index in [9.17, 15) is 8.42 Å². The minimum atomic E-state index is -3.62. The van der Waals surface area contributed by atoms with Crippen molar-refractivity contribution in [3.63, 3.8) is 0 Å². The van der Waals surface area contributed by atoms with Crippen LogP contribution in [0, 0.1) is 11.3 Å². The zero-order valence-corrected chi connectivity index (χ0v) is 9.32. The minimum absolute atomic E-state index is 0.0682. The third-order valence-corrected chi connectivity index (χ3v) is 3.28. The third-order valence-electron chi connectivity index (χ3n) is 1.85. The predicted octanol–water partition coefficient (Wildman–Crippen LogP) is 0.000580. The van der Waals surface area contributed by atoms with Crippen molar-refractivity contribution in [1.29, 1.82) is 5.26 Å². The molecule has 0 fully saturated rings. The van der Waals surface area contributed by atoms with Gasteiger partial charge in [0.05, 0.1) is 12.3 Å². The van der Waals surface area contributed by atoms with Gasteiger partial charge in [-0.2, -0.15) is 15.1 Å². The highest BCUT2D eigenvalue weighted by atomic mass is 32.2. The molecule has 0 amide bonds. The van der Waals surface area contributed by atoms with Gasteiger partial charge in [-0.3, -0.25) is 4.68 Å². The van der Waals surface area contributed by atoms with Gasteiger partial charge in [0.1, 0.15) is 10.9 Å². The maximum absolute atomic E-state index is 11.7. The molecule has 7 heteroatoms. The van der Waals surface area contributed by atoms with E-state index >= 15 is 0 Å². The lowest BCUT2D eigenvalue weighted by molar-refractivity contribution is 0.569. The zero-order chi connectivity index (χ0) is 11.5. The Hall–Kier alpha value is -1.39. The lowest BCUT2D eigenvalue weighted by Crippen LogP contribution is -2.33. The summed E-state index contributed by atoms with van der Waals surface area (Å²) in [6.45, 7) is 1.74. The molecule has 82 valence electrons. The summed E-state index contributed by atoms with van der Waals surface area (Å²) >= 11 is 0. The fraction of sp³-hybridized carbons (Fsp3) is 0.500. The van der Waals surface area contributed by atoms with Gasteiger partial charge in [0.15, 0.2) is 0 Å². The van der Waals surface area contributed by atoms with Crippen LogP contribution in [0.2, 0.25) is 0 Å². The van der Waals surface area contributed by atoms with Gasteiger partial charge in [-0.1, -0.05) is 6.92 Å². The van der Waals surface area contributed by atoms with Gasteiger partial charge < -0.3 is 0 Å². The standard InChI is InChI=1S/C8H12N4O2S/c1-3-7(4-9)11-15(13,14)8-5-10-12(2)6-8/h5-7,11H,3H2,1-2H3. The first kappa shape index (κ1) is 11.7. The number of sulfonamides is 1. The molecular weight excluding hydrogens is 216 g/mol. The molecule has 1 atom stereocenters. The molecule has 1 heterocycles. The van der Waals surface area contributed by atoms with E-state index in [4.69, 9.17) is 5.26 Å². The van der Waals surface area contributed by atoms with Crippen LogP contribution >= 0.6 is 0 Å². The summed E-state index contributed by atoms with van der Waals surface area (Å²) in [6.07, 6.45) is 3.05. The molecule has 0 aliphatic carbocycles. The van der Waals surface area contributed by atoms with Crippen molar-refractivity contribution in [1.82, 2.24) is 14.5 Å². The topological polar surface area (TPSA) is 87.8 Å². The number of hydrogen-bond acceptors (Lipinski definition) is 4. The van der Waals surface area contributed by atoms with Gasteiger partial charge in [0.25, 0.3) is 0 Å². The van der Waals surface area contributed by atoms with E-state index in [1.807, 2.05) is 6.07 Å². The van der Waals surface area contributed by atoms with Crippen LogP contribution in [0.15, 0.2) is 17.3 Å². The molecule has 15 heavy (non-hydrogen) atoms. The van der Waals surface area contributed by atoms with E-state index in [1.54, 1.807) is 14.0 Å². The Morgan fingerprint density at radius 2 is 2.40 bits per heavy atom. The molecule has 0 saturated carbocycles. The zero-order valence-electron chi connectivity index (χ0n) is 8.51. The second-order valence-corrected chi connectivity index (χ2v) is 4.77. The molecule has 1 aromatic rings. The maximum atomic E-state index is 11.7. The number of nitrogens with one attached hydrogen (secondary N) is 1. The van der Waals surface area contributed by atoms with Crippen molar-refractivity contribution in [2.24, 2.45) is 7.05 Å². The van der Waals surface area contributed by atoms with Crippen LogP contribution in [0.25, 0.3) is 0 Å². The van der Waals surface area contributed by atoms with E-state index in [0.717, 1.165) is 0 Å². The monoisotopic (exact) mass is 228 g/mol. The maximum Gasteiger partial charge on any atom is 0.244 e. The Morgan fingerprint density at radius 1 is 1.73 bits per heavy atom. The molecular formula is C8H12N4O2S. The number of nitrogens with zero attached hydrogens (tertiary/aromatic N) is 3. The van der Waals surface area contributed by atoms with Crippen molar-refractivity contribution >= 4 is 10.0 Å². The summed E-state index contributed by atoms with van der Waals surface area (Å²) < 4.78 is 27.0. The minimum Gasteiger partial charge on any atom is -0.274 e. The summed E-state index contributed by atoms with van der Waals surface area (Å²) in [5.74, 6) is 0. The van der Waals surface area contributed by atoms with Gasteiger partial charge in [0, 0.05) is 13.2 Å². The largest absolute Gasteiger partial charge is 0.274 e. The summed E-state index contributed by atoms with van der Waals surface area (Å²) in [6, 6.07) is 1.17. The first-order valence-electron chi connectivity index (χ1n) is 4.40. The van der Waals surface area contributed by atoms with Crippen LogP contribution in [0.5, 0.6) is 0 Å². The van der Waals surface area contributed by atoms with Gasteiger partial charge >= 0.3 is 0 Å². The van der Waals surface area contributed by atoms with E-state index in [2.05, 4.69) is 9.82 Å². The Kier molecular flexibility index (Phi) is 3.44. The highest BCUT2D eigenvalue weighted by molar-refractivity contribution is 7.89. The van der Waals surface area contributed by atoms with E-state index < -0.39 is 16.1 Å². The SMILES string of the molecule is CCC(C#N)NS(=O)(=O)c1cnn(C)c1. The first-order chi connectivity index (χ1) is 6.99. The third kappa shape index (κ3) is 2.78. The smallest absolute Gasteiger partial charge is 0.244 e.